The van der Waals surface area contributed by atoms with Crippen molar-refractivity contribution in [2.24, 2.45) is 0 Å². The molecule has 2 aromatic rings. The summed E-state index contributed by atoms with van der Waals surface area (Å²) in [7, 11) is 0. The van der Waals surface area contributed by atoms with Crippen LogP contribution in [-0.4, -0.2) is 25.7 Å². The van der Waals surface area contributed by atoms with E-state index in [1.54, 1.807) is 0 Å². The molecule has 0 saturated carbocycles. The maximum Gasteiger partial charge on any atom is 0.110 e. The molecule has 0 aliphatic heterocycles. The second-order valence-electron chi connectivity index (χ2n) is 4.58. The minimum Gasteiger partial charge on any atom is -0.335 e. The first kappa shape index (κ1) is 14.1. The fraction of sp³-hybridized carbons (Fsp3) is 0.615. The topological polar surface area (TPSA) is 55.6 Å². The van der Waals surface area contributed by atoms with E-state index in [9.17, 15) is 0 Å². The highest BCUT2D eigenvalue weighted by molar-refractivity contribution is 7.03. The van der Waals surface area contributed by atoms with E-state index in [1.807, 2.05) is 11.6 Å². The molecule has 1 N–H and O–H groups in total. The van der Waals surface area contributed by atoms with Gasteiger partial charge in [0.05, 0.1) is 11.7 Å². The van der Waals surface area contributed by atoms with Crippen molar-refractivity contribution in [2.75, 3.05) is 6.54 Å². The number of aryl methyl sites for hydroxylation is 1. The summed E-state index contributed by atoms with van der Waals surface area (Å²) in [5, 5.41) is 9.74. The van der Waals surface area contributed by atoms with Crippen molar-refractivity contribution in [2.45, 2.75) is 45.7 Å². The van der Waals surface area contributed by atoms with Gasteiger partial charge in [0.15, 0.2) is 0 Å². The molecule has 0 spiro atoms. The summed E-state index contributed by atoms with van der Waals surface area (Å²) in [5.41, 5.74) is 1.02. The Balaban J connectivity index is 2.08. The van der Waals surface area contributed by atoms with Gasteiger partial charge < -0.3 is 9.88 Å². The zero-order valence-electron chi connectivity index (χ0n) is 11.5. The number of hydrogen-bond donors (Lipinski definition) is 1. The highest BCUT2D eigenvalue weighted by atomic mass is 32.1. The van der Waals surface area contributed by atoms with Crippen LogP contribution in [-0.2, 0) is 13.0 Å². The lowest BCUT2D eigenvalue weighted by Crippen LogP contribution is -2.25. The Hall–Kier alpha value is -1.27. The Morgan fingerprint density at radius 3 is 2.95 bits per heavy atom. The molecule has 0 aliphatic carbocycles. The van der Waals surface area contributed by atoms with E-state index in [2.05, 4.69) is 44.5 Å². The second-order valence-corrected chi connectivity index (χ2v) is 5.19. The number of imidazole rings is 1. The molecule has 0 aliphatic rings. The van der Waals surface area contributed by atoms with E-state index in [0.29, 0.717) is 0 Å². The first-order valence-corrected chi connectivity index (χ1v) is 7.69. The highest BCUT2D eigenvalue weighted by Crippen LogP contribution is 2.17. The van der Waals surface area contributed by atoms with Gasteiger partial charge in [-0.05, 0) is 30.9 Å². The van der Waals surface area contributed by atoms with Crippen molar-refractivity contribution in [3.05, 3.63) is 29.3 Å². The maximum atomic E-state index is 4.47. The quantitative estimate of drug-likeness (QED) is 0.806. The maximum absolute atomic E-state index is 4.47. The van der Waals surface area contributed by atoms with Crippen LogP contribution in [0.25, 0.3) is 0 Å². The van der Waals surface area contributed by atoms with Crippen molar-refractivity contribution in [1.29, 1.82) is 0 Å². The van der Waals surface area contributed by atoms with Gasteiger partial charge in [0.25, 0.3) is 0 Å². The van der Waals surface area contributed by atoms with Crippen molar-refractivity contribution < 1.29 is 0 Å². The zero-order valence-corrected chi connectivity index (χ0v) is 12.4. The van der Waals surface area contributed by atoms with Crippen LogP contribution in [0.3, 0.4) is 0 Å². The van der Waals surface area contributed by atoms with Gasteiger partial charge in [-0.15, -0.1) is 5.10 Å². The molecule has 0 bridgehead atoms. The molecular weight excluding hydrogens is 258 g/mol. The van der Waals surface area contributed by atoms with Gasteiger partial charge in [-0.2, -0.15) is 0 Å². The Morgan fingerprint density at radius 1 is 1.37 bits per heavy atom. The van der Waals surface area contributed by atoms with Crippen LogP contribution >= 0.6 is 11.5 Å². The summed E-state index contributed by atoms with van der Waals surface area (Å²) in [4.78, 5) is 4.47. The molecule has 0 fully saturated rings. The van der Waals surface area contributed by atoms with Crippen molar-refractivity contribution in [3.63, 3.8) is 0 Å². The van der Waals surface area contributed by atoms with Gasteiger partial charge in [0.1, 0.15) is 5.82 Å². The van der Waals surface area contributed by atoms with Crippen LogP contribution in [0, 0.1) is 0 Å². The lowest BCUT2D eigenvalue weighted by Gasteiger charge is -2.16. The number of rotatable bonds is 8. The highest BCUT2D eigenvalue weighted by Gasteiger charge is 2.16. The number of aromatic nitrogens is 4. The monoisotopic (exact) mass is 279 g/mol. The smallest absolute Gasteiger partial charge is 0.110 e. The minimum atomic E-state index is 0.205. The normalized spacial score (nSPS) is 12.7. The summed E-state index contributed by atoms with van der Waals surface area (Å²) in [6.07, 6.45) is 7.01. The third-order valence-electron chi connectivity index (χ3n) is 3.03. The third kappa shape index (κ3) is 3.84. The molecule has 0 aromatic carbocycles. The Labute approximate surface area is 118 Å². The summed E-state index contributed by atoms with van der Waals surface area (Å²) >= 11 is 1.40. The first-order chi connectivity index (χ1) is 9.35. The molecule has 5 nitrogen and oxygen atoms in total. The fourth-order valence-corrected chi connectivity index (χ4v) is 2.59. The van der Waals surface area contributed by atoms with Gasteiger partial charge in [0.2, 0.25) is 0 Å². The van der Waals surface area contributed by atoms with Crippen LogP contribution in [0.15, 0.2) is 17.8 Å². The summed E-state index contributed by atoms with van der Waals surface area (Å²) in [6, 6.07) is 0.205. The molecule has 2 rings (SSSR count). The van der Waals surface area contributed by atoms with E-state index < -0.39 is 0 Å². The number of nitrogens with zero attached hydrogens (tertiary/aromatic N) is 4. The molecule has 2 aromatic heterocycles. The number of nitrogens with one attached hydrogen (secondary N) is 1. The first-order valence-electron chi connectivity index (χ1n) is 6.85. The number of hydrogen-bond acceptors (Lipinski definition) is 5. The largest absolute Gasteiger partial charge is 0.335 e. The van der Waals surface area contributed by atoms with Gasteiger partial charge in [-0.1, -0.05) is 18.3 Å². The van der Waals surface area contributed by atoms with Crippen molar-refractivity contribution in [3.8, 4) is 0 Å². The SMILES string of the molecule is CCCNC(Cc1nccn1CCC)c1csnn1. The molecular formula is C13H21N5S. The molecule has 1 unspecified atom stereocenters. The predicted octanol–water partition coefficient (Wildman–Crippen LogP) is 2.43. The minimum absolute atomic E-state index is 0.205. The van der Waals surface area contributed by atoms with Crippen LogP contribution < -0.4 is 5.32 Å². The standard InChI is InChI=1S/C13H21N5S/c1-3-5-14-11(12-10-19-17-16-12)9-13-15-6-8-18(13)7-4-2/h6,8,10-11,14H,3-5,7,9H2,1-2H3. The van der Waals surface area contributed by atoms with Crippen LogP contribution in [0.2, 0.25) is 0 Å². The van der Waals surface area contributed by atoms with E-state index in [1.165, 1.54) is 11.5 Å². The summed E-state index contributed by atoms with van der Waals surface area (Å²) < 4.78 is 6.19. The zero-order chi connectivity index (χ0) is 13.5. The summed E-state index contributed by atoms with van der Waals surface area (Å²) in [5.74, 6) is 1.11. The van der Waals surface area contributed by atoms with E-state index >= 15 is 0 Å². The molecule has 19 heavy (non-hydrogen) atoms. The Kier molecular flexibility index (Phi) is 5.47. The molecule has 2 heterocycles. The van der Waals surface area contributed by atoms with E-state index in [4.69, 9.17) is 0 Å². The molecule has 104 valence electrons. The van der Waals surface area contributed by atoms with Gasteiger partial charge in [-0.3, -0.25) is 0 Å². The van der Waals surface area contributed by atoms with Crippen LogP contribution in [0.4, 0.5) is 0 Å². The van der Waals surface area contributed by atoms with Crippen molar-refractivity contribution >= 4 is 11.5 Å². The summed E-state index contributed by atoms with van der Waals surface area (Å²) in [6.45, 7) is 6.35. The molecule has 0 amide bonds. The lowest BCUT2D eigenvalue weighted by atomic mass is 10.1. The molecule has 0 radical (unpaired) electrons. The average Bonchev–Trinajstić information content (AvgIpc) is 3.06. The fourth-order valence-electron chi connectivity index (χ4n) is 2.08. The van der Waals surface area contributed by atoms with Gasteiger partial charge in [0, 0.05) is 30.7 Å². The van der Waals surface area contributed by atoms with Crippen molar-refractivity contribution in [1.82, 2.24) is 24.5 Å². The van der Waals surface area contributed by atoms with Gasteiger partial charge >= 0.3 is 0 Å². The molecule has 1 atom stereocenters. The van der Waals surface area contributed by atoms with Gasteiger partial charge in [-0.25, -0.2) is 4.98 Å². The van der Waals surface area contributed by atoms with Crippen LogP contribution in [0.1, 0.15) is 44.2 Å². The lowest BCUT2D eigenvalue weighted by molar-refractivity contribution is 0.492. The second kappa shape index (κ2) is 7.35. The predicted molar refractivity (Wildman–Crippen MR) is 77.2 cm³/mol. The Morgan fingerprint density at radius 2 is 2.26 bits per heavy atom. The average molecular weight is 279 g/mol. The Bertz CT molecular complexity index is 465. The van der Waals surface area contributed by atoms with E-state index in [0.717, 1.165) is 43.9 Å². The van der Waals surface area contributed by atoms with E-state index in [-0.39, 0.29) is 6.04 Å². The van der Waals surface area contributed by atoms with Crippen LogP contribution in [0.5, 0.6) is 0 Å². The molecule has 0 saturated heterocycles. The molecule has 6 heteroatoms. The third-order valence-corrected chi connectivity index (χ3v) is 3.55.